The minimum absolute atomic E-state index is 0.0669. The molecule has 0 unspecified atom stereocenters. The first-order valence-electron chi connectivity index (χ1n) is 9.63. The molecule has 7 nitrogen and oxygen atoms in total. The van der Waals surface area contributed by atoms with Crippen LogP contribution >= 0.6 is 22.6 Å². The first-order valence-corrected chi connectivity index (χ1v) is 12.1. The van der Waals surface area contributed by atoms with Gasteiger partial charge in [0.15, 0.2) is 0 Å². The summed E-state index contributed by atoms with van der Waals surface area (Å²) in [5.41, 5.74) is 4.17. The average Bonchev–Trinajstić information content (AvgIpc) is 2.82. The fraction of sp³-hybridized carbons (Fsp3) is 0.130. The quantitative estimate of drug-likeness (QED) is 0.255. The van der Waals surface area contributed by atoms with Crippen molar-refractivity contribution in [2.75, 3.05) is 18.0 Å². The molecule has 0 aliphatic rings. The maximum absolute atomic E-state index is 13.4. The molecule has 0 saturated heterocycles. The number of carbonyl (C=O) groups excluding carboxylic acids is 1. The number of nitrogens with one attached hydrogen (secondary N) is 1. The fourth-order valence-electron chi connectivity index (χ4n) is 2.92. The van der Waals surface area contributed by atoms with E-state index < -0.39 is 22.5 Å². The number of hydrogen-bond donors (Lipinski definition) is 1. The van der Waals surface area contributed by atoms with Crippen molar-refractivity contribution in [3.63, 3.8) is 0 Å². The number of hydrogen-bond acceptors (Lipinski definition) is 5. The number of methoxy groups -OCH3 is 1. The van der Waals surface area contributed by atoms with E-state index in [9.17, 15) is 13.2 Å². The molecule has 166 valence electrons. The van der Waals surface area contributed by atoms with Crippen LogP contribution in [-0.2, 0) is 14.8 Å². The summed E-state index contributed by atoms with van der Waals surface area (Å²) >= 11 is 2.21. The second-order valence-corrected chi connectivity index (χ2v) is 9.84. The molecular formula is C23H22IN3O4S. The predicted molar refractivity (Wildman–Crippen MR) is 133 cm³/mol. The van der Waals surface area contributed by atoms with Gasteiger partial charge in [-0.05, 0) is 71.5 Å². The van der Waals surface area contributed by atoms with E-state index in [-0.39, 0.29) is 10.6 Å². The summed E-state index contributed by atoms with van der Waals surface area (Å²) in [5.74, 6) is -0.251. The lowest BCUT2D eigenvalue weighted by Gasteiger charge is -2.25. The minimum atomic E-state index is -4.03. The maximum Gasteiger partial charge on any atom is 0.264 e. The summed E-state index contributed by atoms with van der Waals surface area (Å²) in [6.45, 7) is 1.29. The second-order valence-electron chi connectivity index (χ2n) is 6.74. The molecule has 0 aromatic heterocycles. The maximum atomic E-state index is 13.4. The highest BCUT2D eigenvalue weighted by Crippen LogP contribution is 2.32. The van der Waals surface area contributed by atoms with E-state index in [1.807, 2.05) is 24.3 Å². The summed E-state index contributed by atoms with van der Waals surface area (Å²) < 4.78 is 34.2. The second kappa shape index (κ2) is 10.6. The van der Waals surface area contributed by atoms with Crippen LogP contribution in [0.4, 0.5) is 5.69 Å². The largest absolute Gasteiger partial charge is 0.495 e. The van der Waals surface area contributed by atoms with E-state index >= 15 is 0 Å². The molecule has 1 amide bonds. The van der Waals surface area contributed by atoms with Gasteiger partial charge < -0.3 is 4.74 Å². The molecule has 0 aliphatic carbocycles. The predicted octanol–water partition coefficient (Wildman–Crippen LogP) is 4.04. The van der Waals surface area contributed by atoms with Crippen LogP contribution in [0.2, 0.25) is 0 Å². The molecule has 1 N–H and O–H groups in total. The van der Waals surface area contributed by atoms with Gasteiger partial charge in [0.05, 0.1) is 23.4 Å². The highest BCUT2D eigenvalue weighted by Gasteiger charge is 2.29. The summed E-state index contributed by atoms with van der Waals surface area (Å²) in [4.78, 5) is 12.8. The van der Waals surface area contributed by atoms with Gasteiger partial charge in [-0.15, -0.1) is 0 Å². The SMILES string of the molecule is COc1ccccc1N(CC(=O)NN=C(C)c1ccc(I)cc1)S(=O)(=O)c1ccccc1. The molecule has 0 spiro atoms. The van der Waals surface area contributed by atoms with Crippen LogP contribution < -0.4 is 14.5 Å². The third-order valence-electron chi connectivity index (χ3n) is 4.58. The summed E-state index contributed by atoms with van der Waals surface area (Å²) in [5, 5.41) is 4.13. The zero-order valence-electron chi connectivity index (χ0n) is 17.5. The third kappa shape index (κ3) is 5.65. The van der Waals surface area contributed by atoms with E-state index in [1.54, 1.807) is 49.4 Å². The zero-order chi connectivity index (χ0) is 23.1. The molecule has 0 aliphatic heterocycles. The number of carbonyl (C=O) groups is 1. The van der Waals surface area contributed by atoms with E-state index in [0.29, 0.717) is 11.5 Å². The lowest BCUT2D eigenvalue weighted by Crippen LogP contribution is -2.40. The highest BCUT2D eigenvalue weighted by atomic mass is 127. The summed E-state index contributed by atoms with van der Waals surface area (Å²) in [7, 11) is -2.59. The van der Waals surface area contributed by atoms with Gasteiger partial charge in [0.2, 0.25) is 0 Å². The third-order valence-corrected chi connectivity index (χ3v) is 7.08. The molecule has 3 rings (SSSR count). The Labute approximate surface area is 201 Å². The summed E-state index contributed by atoms with van der Waals surface area (Å²) in [6, 6.07) is 22.2. The van der Waals surface area contributed by atoms with Crippen LogP contribution in [0, 0.1) is 3.57 Å². The van der Waals surface area contributed by atoms with Gasteiger partial charge in [-0.2, -0.15) is 5.10 Å². The lowest BCUT2D eigenvalue weighted by molar-refractivity contribution is -0.119. The molecule has 0 heterocycles. The Balaban J connectivity index is 1.90. The van der Waals surface area contributed by atoms with Crippen molar-refractivity contribution in [2.45, 2.75) is 11.8 Å². The normalized spacial score (nSPS) is 11.7. The van der Waals surface area contributed by atoms with Crippen LogP contribution in [0.3, 0.4) is 0 Å². The summed E-state index contributed by atoms with van der Waals surface area (Å²) in [6.07, 6.45) is 0. The topological polar surface area (TPSA) is 88.1 Å². The standard InChI is InChI=1S/C23H22IN3O4S/c1-17(18-12-14-19(24)15-13-18)25-26-23(28)16-27(21-10-6-7-11-22(21)31-2)32(29,30)20-8-4-3-5-9-20/h3-15H,16H2,1-2H3,(H,26,28). The first-order chi connectivity index (χ1) is 15.3. The molecule has 0 bridgehead atoms. The number of ether oxygens (including phenoxy) is 1. The monoisotopic (exact) mass is 563 g/mol. The molecule has 0 radical (unpaired) electrons. The Morgan fingerprint density at radius 1 is 1.00 bits per heavy atom. The van der Waals surface area contributed by atoms with Crippen molar-refractivity contribution in [3.05, 3.63) is 88.0 Å². The smallest absolute Gasteiger partial charge is 0.264 e. The van der Waals surface area contributed by atoms with Crippen molar-refractivity contribution in [2.24, 2.45) is 5.10 Å². The van der Waals surface area contributed by atoms with Crippen LogP contribution in [0.15, 0.2) is 88.9 Å². The van der Waals surface area contributed by atoms with Gasteiger partial charge >= 0.3 is 0 Å². The number of benzene rings is 3. The molecule has 32 heavy (non-hydrogen) atoms. The molecule has 3 aromatic carbocycles. The van der Waals surface area contributed by atoms with E-state index in [0.717, 1.165) is 13.4 Å². The number of nitrogens with zero attached hydrogens (tertiary/aromatic N) is 2. The van der Waals surface area contributed by atoms with E-state index in [2.05, 4.69) is 33.1 Å². The molecular weight excluding hydrogens is 541 g/mol. The Bertz CT molecular complexity index is 1210. The minimum Gasteiger partial charge on any atom is -0.495 e. The van der Waals surface area contributed by atoms with E-state index in [4.69, 9.17) is 4.74 Å². The van der Waals surface area contributed by atoms with Crippen LogP contribution in [-0.4, -0.2) is 33.7 Å². The molecule has 0 atom stereocenters. The number of para-hydroxylation sites is 2. The van der Waals surface area contributed by atoms with Gasteiger partial charge in [0.25, 0.3) is 15.9 Å². The van der Waals surface area contributed by atoms with E-state index in [1.165, 1.54) is 19.2 Å². The van der Waals surface area contributed by atoms with Crippen molar-refractivity contribution < 1.29 is 17.9 Å². The van der Waals surface area contributed by atoms with Crippen molar-refractivity contribution in [1.29, 1.82) is 0 Å². The van der Waals surface area contributed by atoms with Crippen LogP contribution in [0.25, 0.3) is 0 Å². The van der Waals surface area contributed by atoms with Crippen molar-refractivity contribution in [3.8, 4) is 5.75 Å². The number of hydrazone groups is 1. The average molecular weight is 563 g/mol. The zero-order valence-corrected chi connectivity index (χ0v) is 20.5. The number of rotatable bonds is 8. The fourth-order valence-corrected chi connectivity index (χ4v) is 4.73. The molecule has 3 aromatic rings. The number of halogens is 1. The Morgan fingerprint density at radius 2 is 1.62 bits per heavy atom. The molecule has 9 heteroatoms. The molecule has 0 saturated carbocycles. The number of sulfonamides is 1. The number of anilines is 1. The Hall–Kier alpha value is -2.92. The first kappa shape index (κ1) is 23.7. The lowest BCUT2D eigenvalue weighted by atomic mass is 10.1. The van der Waals surface area contributed by atoms with Crippen LogP contribution in [0.5, 0.6) is 5.75 Å². The highest BCUT2D eigenvalue weighted by molar-refractivity contribution is 14.1. The van der Waals surface area contributed by atoms with Gasteiger partial charge in [0.1, 0.15) is 12.3 Å². The van der Waals surface area contributed by atoms with Crippen molar-refractivity contribution in [1.82, 2.24) is 5.43 Å². The molecule has 0 fully saturated rings. The van der Waals surface area contributed by atoms with Crippen LogP contribution in [0.1, 0.15) is 12.5 Å². The van der Waals surface area contributed by atoms with Gasteiger partial charge in [0, 0.05) is 3.57 Å². The van der Waals surface area contributed by atoms with Gasteiger partial charge in [-0.3, -0.25) is 9.10 Å². The Kier molecular flexibility index (Phi) is 7.86. The van der Waals surface area contributed by atoms with Gasteiger partial charge in [-0.1, -0.05) is 42.5 Å². The van der Waals surface area contributed by atoms with Crippen molar-refractivity contribution >= 4 is 49.9 Å². The number of amides is 1. The Morgan fingerprint density at radius 3 is 2.28 bits per heavy atom. The van der Waals surface area contributed by atoms with Gasteiger partial charge in [-0.25, -0.2) is 13.8 Å².